The first-order valence-electron chi connectivity index (χ1n) is 14.8. The molecular weight excluding hydrogens is 675 g/mol. The fraction of sp³-hybridized carbons (Fsp3) is 0.206. The van der Waals surface area contributed by atoms with Crippen molar-refractivity contribution in [1.29, 1.82) is 0 Å². The number of aromatic amines is 1. The summed E-state index contributed by atoms with van der Waals surface area (Å²) in [6.07, 6.45) is -2.23. The largest absolute Gasteiger partial charge is 0.417 e. The summed E-state index contributed by atoms with van der Waals surface area (Å²) >= 11 is 2.95. The molecule has 9 nitrogen and oxygen atoms in total. The first-order chi connectivity index (χ1) is 22.5. The molecule has 1 aliphatic rings. The van der Waals surface area contributed by atoms with E-state index in [1.165, 1.54) is 17.0 Å². The van der Waals surface area contributed by atoms with Gasteiger partial charge in [-0.3, -0.25) is 19.3 Å². The van der Waals surface area contributed by atoms with Gasteiger partial charge in [0.2, 0.25) is 0 Å². The van der Waals surface area contributed by atoms with Gasteiger partial charge >= 0.3 is 6.18 Å². The van der Waals surface area contributed by atoms with E-state index in [4.69, 9.17) is 5.10 Å². The molecule has 1 atom stereocenters. The molecule has 13 heteroatoms. The topological polar surface area (TPSA) is 101 Å². The maximum atomic E-state index is 14.4. The van der Waals surface area contributed by atoms with Gasteiger partial charge in [0.05, 0.1) is 29.7 Å². The van der Waals surface area contributed by atoms with E-state index in [0.29, 0.717) is 40.7 Å². The maximum Gasteiger partial charge on any atom is 0.417 e. The van der Waals surface area contributed by atoms with Crippen LogP contribution in [0.2, 0.25) is 0 Å². The second-order valence-electron chi connectivity index (χ2n) is 11.6. The van der Waals surface area contributed by atoms with Crippen LogP contribution in [0.15, 0.2) is 88.3 Å². The van der Waals surface area contributed by atoms with E-state index in [9.17, 15) is 22.8 Å². The third-order valence-electron chi connectivity index (χ3n) is 8.44. The van der Waals surface area contributed by atoms with Crippen molar-refractivity contribution in [2.75, 3.05) is 0 Å². The summed E-state index contributed by atoms with van der Waals surface area (Å²) in [5, 5.41) is 11.8. The molecule has 0 fully saturated rings. The molecule has 3 aromatic heterocycles. The second-order valence-corrected chi connectivity index (χ2v) is 12.5. The third-order valence-corrected chi connectivity index (χ3v) is 9.14. The number of hydrogen-bond acceptors (Lipinski definition) is 5. The van der Waals surface area contributed by atoms with Crippen LogP contribution in [-0.2, 0) is 25.6 Å². The summed E-state index contributed by atoms with van der Waals surface area (Å²) in [6.45, 7) is 3.60. The van der Waals surface area contributed by atoms with Crippen LogP contribution in [-0.4, -0.2) is 46.2 Å². The molecule has 1 aliphatic heterocycles. The monoisotopic (exact) mass is 701 g/mol. The normalized spacial score (nSPS) is 14.9. The van der Waals surface area contributed by atoms with Crippen LogP contribution < -0.4 is 5.56 Å². The van der Waals surface area contributed by atoms with Crippen molar-refractivity contribution in [3.63, 3.8) is 0 Å². The number of nitrogens with zero attached hydrogens (tertiary/aromatic N) is 6. The molecular formula is C34H27BrF3N7O2. The molecule has 1 amide bonds. The highest BCUT2D eigenvalue weighted by molar-refractivity contribution is 9.10. The van der Waals surface area contributed by atoms with Crippen molar-refractivity contribution < 1.29 is 18.0 Å². The maximum absolute atomic E-state index is 14.4. The van der Waals surface area contributed by atoms with Crippen LogP contribution in [0.3, 0.4) is 0 Å². The third kappa shape index (κ3) is 5.54. The number of aromatic nitrogens is 6. The van der Waals surface area contributed by atoms with E-state index in [1.807, 2.05) is 61.5 Å². The fourth-order valence-electron chi connectivity index (χ4n) is 6.11. The quantitative estimate of drug-likeness (QED) is 0.220. The number of aryl methyl sites for hydroxylation is 1. The van der Waals surface area contributed by atoms with Gasteiger partial charge in [-0.2, -0.15) is 23.4 Å². The smallest absolute Gasteiger partial charge is 0.330 e. The molecule has 7 rings (SSSR count). The number of halogens is 4. The number of hydrogen-bond donors (Lipinski definition) is 1. The van der Waals surface area contributed by atoms with Gasteiger partial charge in [-0.1, -0.05) is 46.3 Å². The van der Waals surface area contributed by atoms with E-state index in [0.717, 1.165) is 22.8 Å². The molecule has 0 aliphatic carbocycles. The number of H-pyrrole nitrogens is 1. The highest BCUT2D eigenvalue weighted by Gasteiger charge is 2.36. The van der Waals surface area contributed by atoms with Gasteiger partial charge in [0, 0.05) is 39.2 Å². The molecule has 0 unspecified atom stereocenters. The van der Waals surface area contributed by atoms with Gasteiger partial charge in [-0.05, 0) is 68.3 Å². The molecule has 47 heavy (non-hydrogen) atoms. The molecule has 1 N–H and O–H groups in total. The van der Waals surface area contributed by atoms with Crippen LogP contribution in [0, 0.1) is 6.92 Å². The fourth-order valence-corrected chi connectivity index (χ4v) is 6.58. The molecule has 0 radical (unpaired) electrons. The van der Waals surface area contributed by atoms with Gasteiger partial charge < -0.3 is 4.90 Å². The number of carbonyl (C=O) groups is 1. The highest BCUT2D eigenvalue weighted by Crippen LogP contribution is 2.36. The van der Waals surface area contributed by atoms with Crippen LogP contribution in [0.4, 0.5) is 13.2 Å². The summed E-state index contributed by atoms with van der Waals surface area (Å²) in [7, 11) is 0. The Morgan fingerprint density at radius 2 is 1.81 bits per heavy atom. The molecule has 0 bridgehead atoms. The van der Waals surface area contributed by atoms with E-state index in [-0.39, 0.29) is 28.6 Å². The Labute approximate surface area is 274 Å². The zero-order valence-corrected chi connectivity index (χ0v) is 26.8. The lowest BCUT2D eigenvalue weighted by molar-refractivity contribution is -0.138. The number of amides is 1. The van der Waals surface area contributed by atoms with Crippen LogP contribution in [0.1, 0.15) is 51.1 Å². The molecule has 6 aromatic rings. The Balaban J connectivity index is 1.35. The van der Waals surface area contributed by atoms with Crippen molar-refractivity contribution in [1.82, 2.24) is 34.3 Å². The molecule has 0 spiro atoms. The van der Waals surface area contributed by atoms with Crippen molar-refractivity contribution in [2.45, 2.75) is 45.5 Å². The zero-order chi connectivity index (χ0) is 33.0. The SMILES string of the molecule is Cc1nc(-c2ccc(-n3c(=O)c4c(n5ncc(Cc6ccccc6)c35)CN(C(=O)c3ccc(Br)c(C(F)(F)F)c3)[C@H](C)C4)cc2)n[nH]1. The number of rotatable bonds is 5. The van der Waals surface area contributed by atoms with Crippen molar-refractivity contribution in [3.05, 3.63) is 133 Å². The molecule has 4 heterocycles. The average molecular weight is 703 g/mol. The van der Waals surface area contributed by atoms with Gasteiger partial charge in [0.15, 0.2) is 5.82 Å². The number of nitrogens with one attached hydrogen (secondary N) is 1. The van der Waals surface area contributed by atoms with Crippen LogP contribution in [0.5, 0.6) is 0 Å². The summed E-state index contributed by atoms with van der Waals surface area (Å²) in [4.78, 5) is 34.1. The first kappa shape index (κ1) is 30.6. The number of benzene rings is 3. The minimum absolute atomic E-state index is 0.00506. The minimum atomic E-state index is -4.64. The van der Waals surface area contributed by atoms with E-state index < -0.39 is 23.7 Å². The van der Waals surface area contributed by atoms with Crippen molar-refractivity contribution >= 4 is 27.5 Å². The zero-order valence-electron chi connectivity index (χ0n) is 25.2. The van der Waals surface area contributed by atoms with Crippen molar-refractivity contribution in [2.24, 2.45) is 0 Å². The first-order valence-corrected chi connectivity index (χ1v) is 15.6. The lowest BCUT2D eigenvalue weighted by Crippen LogP contribution is -2.46. The van der Waals surface area contributed by atoms with Crippen LogP contribution in [0.25, 0.3) is 22.7 Å². The lowest BCUT2D eigenvalue weighted by Gasteiger charge is -2.35. The standard InChI is InChI=1S/C34H27BrF3N7O2/c1-19-14-26-29(18-43(19)32(46)23-10-13-28(35)27(16-23)34(36,37)38)45-31(24(17-39-45)15-21-6-4-3-5-7-21)44(33(26)47)25-11-8-22(9-12-25)30-40-20(2)41-42-30/h3-13,16-17,19H,14-15,18H2,1-2H3,(H,40,41,42)/t19-/m1/s1. The predicted octanol–water partition coefficient (Wildman–Crippen LogP) is 6.54. The van der Waals surface area contributed by atoms with E-state index in [1.54, 1.807) is 22.2 Å². The second kappa shape index (κ2) is 11.6. The molecule has 3 aromatic carbocycles. The van der Waals surface area contributed by atoms with Gasteiger partial charge in [-0.25, -0.2) is 9.50 Å². The summed E-state index contributed by atoms with van der Waals surface area (Å²) in [5.41, 5.74) is 3.51. The van der Waals surface area contributed by atoms with E-state index in [2.05, 4.69) is 31.1 Å². The number of alkyl halides is 3. The van der Waals surface area contributed by atoms with E-state index >= 15 is 0 Å². The lowest BCUT2D eigenvalue weighted by atomic mass is 9.97. The molecule has 0 saturated heterocycles. The predicted molar refractivity (Wildman–Crippen MR) is 172 cm³/mol. The Kier molecular flexibility index (Phi) is 7.58. The summed E-state index contributed by atoms with van der Waals surface area (Å²) in [5.74, 6) is 0.662. The molecule has 0 saturated carbocycles. The average Bonchev–Trinajstić information content (AvgIpc) is 3.67. The van der Waals surface area contributed by atoms with Gasteiger partial charge in [0.25, 0.3) is 11.5 Å². The summed E-state index contributed by atoms with van der Waals surface area (Å²) in [6, 6.07) is 20.2. The molecule has 238 valence electrons. The Hall–Kier alpha value is -5.04. The Bertz CT molecular complexity index is 2210. The highest BCUT2D eigenvalue weighted by atomic mass is 79.9. The Morgan fingerprint density at radius 1 is 1.06 bits per heavy atom. The Morgan fingerprint density at radius 3 is 2.49 bits per heavy atom. The van der Waals surface area contributed by atoms with Crippen LogP contribution >= 0.6 is 15.9 Å². The minimum Gasteiger partial charge on any atom is -0.330 e. The van der Waals surface area contributed by atoms with Crippen molar-refractivity contribution in [3.8, 4) is 17.1 Å². The summed E-state index contributed by atoms with van der Waals surface area (Å²) < 4.78 is 44.2. The van der Waals surface area contributed by atoms with Gasteiger partial charge in [0.1, 0.15) is 11.5 Å². The number of fused-ring (bicyclic) bond motifs is 3. The number of carbonyl (C=O) groups excluding carboxylic acids is 1. The van der Waals surface area contributed by atoms with Gasteiger partial charge in [-0.15, -0.1) is 0 Å².